The Morgan fingerprint density at radius 1 is 0.254 bits per heavy atom. The van der Waals surface area contributed by atoms with Crippen LogP contribution in [0.5, 0.6) is 0 Å². The molecule has 12 rings (SSSR count). The zero-order valence-corrected chi connectivity index (χ0v) is 32.0. The van der Waals surface area contributed by atoms with E-state index in [1.165, 1.54) is 55.3 Å². The SMILES string of the molecule is c1ccc(-c2nc(-c3ccccc3)nc(-c3cc(-c4ccc5c(c4)C4(c6ccccc6-c6ccccc64)c4ccccc4-5)cc(-c4cccc5ccccc45)c3)n2)cc1. The molecule has 1 spiro atoms. The van der Waals surface area contributed by atoms with Crippen molar-refractivity contribution in [3.63, 3.8) is 0 Å². The first kappa shape index (κ1) is 33.4. The minimum atomic E-state index is -0.436. The number of fused-ring (bicyclic) bond motifs is 11. The molecule has 1 aromatic heterocycles. The van der Waals surface area contributed by atoms with Gasteiger partial charge in [-0.1, -0.05) is 188 Å². The fourth-order valence-electron chi connectivity index (χ4n) is 9.77. The Balaban J connectivity index is 1.12. The first-order chi connectivity index (χ1) is 29.2. The van der Waals surface area contributed by atoms with Gasteiger partial charge in [0, 0.05) is 16.7 Å². The summed E-state index contributed by atoms with van der Waals surface area (Å²) in [5.41, 5.74) is 17.4. The normalized spacial score (nSPS) is 12.9. The van der Waals surface area contributed by atoms with E-state index in [9.17, 15) is 0 Å². The molecule has 0 amide bonds. The van der Waals surface area contributed by atoms with E-state index in [1.807, 2.05) is 36.4 Å². The molecule has 3 nitrogen and oxygen atoms in total. The summed E-state index contributed by atoms with van der Waals surface area (Å²) in [6.45, 7) is 0. The Kier molecular flexibility index (Phi) is 7.45. The molecule has 3 heteroatoms. The van der Waals surface area contributed by atoms with Crippen LogP contribution in [0.4, 0.5) is 0 Å². The van der Waals surface area contributed by atoms with Crippen molar-refractivity contribution in [1.82, 2.24) is 15.0 Å². The summed E-state index contributed by atoms with van der Waals surface area (Å²) < 4.78 is 0. The maximum atomic E-state index is 5.20. The predicted octanol–water partition coefficient (Wildman–Crippen LogP) is 13.7. The second-order valence-corrected chi connectivity index (χ2v) is 15.5. The summed E-state index contributed by atoms with van der Waals surface area (Å²) in [7, 11) is 0. The first-order valence-electron chi connectivity index (χ1n) is 20.2. The van der Waals surface area contributed by atoms with Crippen molar-refractivity contribution in [2.24, 2.45) is 0 Å². The lowest BCUT2D eigenvalue weighted by Gasteiger charge is -2.30. The fourth-order valence-corrected chi connectivity index (χ4v) is 9.77. The van der Waals surface area contributed by atoms with Crippen LogP contribution < -0.4 is 0 Å². The zero-order valence-electron chi connectivity index (χ0n) is 32.0. The molecule has 10 aromatic rings. The largest absolute Gasteiger partial charge is 0.208 e. The van der Waals surface area contributed by atoms with Crippen molar-refractivity contribution in [2.45, 2.75) is 5.41 Å². The third-order valence-corrected chi connectivity index (χ3v) is 12.3. The van der Waals surface area contributed by atoms with Crippen molar-refractivity contribution in [3.8, 4) is 78.7 Å². The van der Waals surface area contributed by atoms with Crippen molar-refractivity contribution >= 4 is 10.8 Å². The lowest BCUT2D eigenvalue weighted by Crippen LogP contribution is -2.25. The second kappa shape index (κ2) is 13.2. The quantitative estimate of drug-likeness (QED) is 0.176. The predicted molar refractivity (Wildman–Crippen MR) is 241 cm³/mol. The Hall–Kier alpha value is -7.75. The standard InChI is InChI=1S/C56H35N3/c1-3-17-37(18-4-1)53-57-54(38-19-5-2-6-20-38)59-55(58-53)42-33-40(32-41(34-42)44-26-15-21-36-16-7-8-22-43(36)44)39-30-31-48-47-25-11-14-29-51(47)56(52(48)35-39)49-27-12-9-23-45(49)46-24-10-13-28-50(46)56/h1-35H. The topological polar surface area (TPSA) is 38.7 Å². The average molecular weight is 750 g/mol. The van der Waals surface area contributed by atoms with E-state index < -0.39 is 5.41 Å². The molecule has 2 aliphatic rings. The summed E-state index contributed by atoms with van der Waals surface area (Å²) >= 11 is 0. The molecular weight excluding hydrogens is 715 g/mol. The second-order valence-electron chi connectivity index (χ2n) is 15.5. The van der Waals surface area contributed by atoms with E-state index in [2.05, 4.69) is 176 Å². The Bertz CT molecular complexity index is 3150. The van der Waals surface area contributed by atoms with E-state index in [0.29, 0.717) is 17.5 Å². The van der Waals surface area contributed by atoms with Gasteiger partial charge in [0.15, 0.2) is 17.5 Å². The maximum Gasteiger partial charge on any atom is 0.164 e. The molecule has 0 atom stereocenters. The van der Waals surface area contributed by atoms with Gasteiger partial charge in [0.25, 0.3) is 0 Å². The maximum absolute atomic E-state index is 5.20. The highest BCUT2D eigenvalue weighted by molar-refractivity contribution is 5.99. The van der Waals surface area contributed by atoms with Crippen LogP contribution in [-0.4, -0.2) is 15.0 Å². The highest BCUT2D eigenvalue weighted by Crippen LogP contribution is 2.63. The lowest BCUT2D eigenvalue weighted by molar-refractivity contribution is 0.794. The van der Waals surface area contributed by atoms with Crippen molar-refractivity contribution < 1.29 is 0 Å². The molecule has 0 fully saturated rings. The molecule has 0 saturated carbocycles. The van der Waals surface area contributed by atoms with Gasteiger partial charge in [0.1, 0.15) is 0 Å². The van der Waals surface area contributed by atoms with Crippen LogP contribution in [0.1, 0.15) is 22.3 Å². The molecule has 0 aliphatic heterocycles. The summed E-state index contributed by atoms with van der Waals surface area (Å²) in [5.74, 6) is 1.91. The van der Waals surface area contributed by atoms with Crippen LogP contribution in [0, 0.1) is 0 Å². The van der Waals surface area contributed by atoms with Gasteiger partial charge in [-0.2, -0.15) is 0 Å². The Morgan fingerprint density at radius 2 is 0.695 bits per heavy atom. The molecule has 9 aromatic carbocycles. The molecule has 274 valence electrons. The van der Waals surface area contributed by atoms with Gasteiger partial charge >= 0.3 is 0 Å². The average Bonchev–Trinajstić information content (AvgIpc) is 3.79. The van der Waals surface area contributed by atoms with E-state index in [1.54, 1.807) is 0 Å². The lowest BCUT2D eigenvalue weighted by atomic mass is 9.70. The summed E-state index contributed by atoms with van der Waals surface area (Å²) in [6.07, 6.45) is 0. The van der Waals surface area contributed by atoms with Crippen molar-refractivity contribution in [1.29, 1.82) is 0 Å². The van der Waals surface area contributed by atoms with Gasteiger partial charge in [-0.15, -0.1) is 0 Å². The van der Waals surface area contributed by atoms with Gasteiger partial charge in [-0.3, -0.25) is 0 Å². The monoisotopic (exact) mass is 749 g/mol. The molecule has 0 bridgehead atoms. The van der Waals surface area contributed by atoms with Gasteiger partial charge < -0.3 is 0 Å². The summed E-state index contributed by atoms with van der Waals surface area (Å²) in [5, 5.41) is 2.40. The van der Waals surface area contributed by atoms with Gasteiger partial charge in [-0.05, 0) is 102 Å². The van der Waals surface area contributed by atoms with E-state index >= 15 is 0 Å². The molecule has 0 radical (unpaired) electrons. The van der Waals surface area contributed by atoms with Crippen LogP contribution in [0.3, 0.4) is 0 Å². The van der Waals surface area contributed by atoms with Crippen molar-refractivity contribution in [2.75, 3.05) is 0 Å². The Morgan fingerprint density at radius 3 is 1.31 bits per heavy atom. The molecule has 0 unspecified atom stereocenters. The van der Waals surface area contributed by atoms with Crippen LogP contribution in [0.15, 0.2) is 212 Å². The van der Waals surface area contributed by atoms with E-state index in [4.69, 9.17) is 15.0 Å². The summed E-state index contributed by atoms with van der Waals surface area (Å²) in [6, 6.07) is 76.5. The molecule has 1 heterocycles. The van der Waals surface area contributed by atoms with Gasteiger partial charge in [0.2, 0.25) is 0 Å². The van der Waals surface area contributed by atoms with Crippen LogP contribution in [0.2, 0.25) is 0 Å². The fraction of sp³-hybridized carbons (Fsp3) is 0.0179. The number of nitrogens with zero attached hydrogens (tertiary/aromatic N) is 3. The molecule has 59 heavy (non-hydrogen) atoms. The van der Waals surface area contributed by atoms with Crippen molar-refractivity contribution in [3.05, 3.63) is 235 Å². The van der Waals surface area contributed by atoms with Gasteiger partial charge in [-0.25, -0.2) is 15.0 Å². The molecular formula is C56H35N3. The number of hydrogen-bond acceptors (Lipinski definition) is 3. The number of benzene rings is 9. The van der Waals surface area contributed by atoms with Crippen LogP contribution in [-0.2, 0) is 5.41 Å². The highest BCUT2D eigenvalue weighted by Gasteiger charge is 2.51. The van der Waals surface area contributed by atoms with Crippen LogP contribution in [0.25, 0.3) is 89.4 Å². The Labute approximate surface area is 343 Å². The third kappa shape index (κ3) is 5.11. The number of hydrogen-bond donors (Lipinski definition) is 0. The third-order valence-electron chi connectivity index (χ3n) is 12.3. The summed E-state index contributed by atoms with van der Waals surface area (Å²) in [4.78, 5) is 15.4. The minimum Gasteiger partial charge on any atom is -0.208 e. The van der Waals surface area contributed by atoms with Gasteiger partial charge in [0.05, 0.1) is 5.41 Å². The number of aromatic nitrogens is 3. The molecule has 2 aliphatic carbocycles. The van der Waals surface area contributed by atoms with E-state index in [-0.39, 0.29) is 0 Å². The van der Waals surface area contributed by atoms with E-state index in [0.717, 1.165) is 38.9 Å². The number of rotatable bonds is 5. The zero-order chi connectivity index (χ0) is 38.9. The first-order valence-corrected chi connectivity index (χ1v) is 20.2. The highest BCUT2D eigenvalue weighted by atomic mass is 15.0. The molecule has 0 N–H and O–H groups in total. The minimum absolute atomic E-state index is 0.436. The smallest absolute Gasteiger partial charge is 0.164 e. The van der Waals surface area contributed by atoms with Crippen LogP contribution >= 0.6 is 0 Å². The molecule has 0 saturated heterocycles.